The summed E-state index contributed by atoms with van der Waals surface area (Å²) in [5.74, 6) is 1.52. The fourth-order valence-corrected chi connectivity index (χ4v) is 1.47. The highest BCUT2D eigenvalue weighted by atomic mass is 16.5. The minimum Gasteiger partial charge on any atom is -0.385 e. The van der Waals surface area contributed by atoms with Crippen LogP contribution in [0.2, 0.25) is 0 Å². The molecule has 0 atom stereocenters. The molecule has 0 saturated heterocycles. The van der Waals surface area contributed by atoms with Crippen LogP contribution in [0.25, 0.3) is 0 Å². The van der Waals surface area contributed by atoms with Crippen LogP contribution in [0, 0.1) is 0 Å². The van der Waals surface area contributed by atoms with Crippen molar-refractivity contribution in [1.29, 1.82) is 0 Å². The van der Waals surface area contributed by atoms with Crippen molar-refractivity contribution < 1.29 is 9.26 Å². The zero-order chi connectivity index (χ0) is 11.6. The predicted octanol–water partition coefficient (Wildman–Crippen LogP) is 1.32. The van der Waals surface area contributed by atoms with Gasteiger partial charge in [0.2, 0.25) is 5.89 Å². The fraction of sp³-hybridized carbons (Fsp3) is 0.818. The number of nitrogens with zero attached hydrogens (tertiary/aromatic N) is 2. The summed E-state index contributed by atoms with van der Waals surface area (Å²) in [6.07, 6.45) is 5.86. The van der Waals surface area contributed by atoms with E-state index in [-0.39, 0.29) is 0 Å². The van der Waals surface area contributed by atoms with Gasteiger partial charge in [0, 0.05) is 26.6 Å². The van der Waals surface area contributed by atoms with Crippen LogP contribution in [-0.4, -0.2) is 30.4 Å². The van der Waals surface area contributed by atoms with E-state index in [2.05, 4.69) is 10.1 Å². The normalized spacial score (nSPS) is 10.9. The summed E-state index contributed by atoms with van der Waals surface area (Å²) in [5.41, 5.74) is 5.42. The minimum absolute atomic E-state index is 0.736. The number of hydrogen-bond donors (Lipinski definition) is 1. The first-order chi connectivity index (χ1) is 7.86. The van der Waals surface area contributed by atoms with Crippen molar-refractivity contribution in [2.45, 2.75) is 38.5 Å². The highest BCUT2D eigenvalue weighted by molar-refractivity contribution is 4.86. The zero-order valence-electron chi connectivity index (χ0n) is 9.95. The first-order valence-electron chi connectivity index (χ1n) is 5.87. The maximum Gasteiger partial charge on any atom is 0.226 e. The van der Waals surface area contributed by atoms with Crippen molar-refractivity contribution >= 4 is 0 Å². The molecule has 5 nitrogen and oxygen atoms in total. The number of nitrogens with two attached hydrogens (primary N) is 1. The molecule has 0 radical (unpaired) electrons. The third kappa shape index (κ3) is 5.23. The van der Waals surface area contributed by atoms with E-state index in [9.17, 15) is 0 Å². The van der Waals surface area contributed by atoms with Gasteiger partial charge in [-0.1, -0.05) is 11.6 Å². The summed E-state index contributed by atoms with van der Waals surface area (Å²) < 4.78 is 10.1. The lowest BCUT2D eigenvalue weighted by atomic mass is 10.2. The molecule has 0 aromatic carbocycles. The van der Waals surface area contributed by atoms with E-state index in [1.54, 1.807) is 7.11 Å². The topological polar surface area (TPSA) is 74.2 Å². The van der Waals surface area contributed by atoms with E-state index in [1.807, 2.05) is 0 Å². The van der Waals surface area contributed by atoms with Crippen molar-refractivity contribution in [3.8, 4) is 0 Å². The molecular formula is C11H21N3O2. The molecular weight excluding hydrogens is 206 g/mol. The maximum atomic E-state index is 5.42. The number of methoxy groups -OCH3 is 1. The summed E-state index contributed by atoms with van der Waals surface area (Å²) in [5, 5.41) is 3.92. The molecule has 0 fully saturated rings. The molecule has 1 rings (SSSR count). The van der Waals surface area contributed by atoms with E-state index in [0.717, 1.165) is 63.4 Å². The molecule has 0 saturated carbocycles. The highest BCUT2D eigenvalue weighted by Gasteiger charge is 2.05. The van der Waals surface area contributed by atoms with E-state index < -0.39 is 0 Å². The van der Waals surface area contributed by atoms with Gasteiger partial charge >= 0.3 is 0 Å². The van der Waals surface area contributed by atoms with E-state index in [0.29, 0.717) is 0 Å². The van der Waals surface area contributed by atoms with E-state index >= 15 is 0 Å². The van der Waals surface area contributed by atoms with Crippen LogP contribution >= 0.6 is 0 Å². The first-order valence-corrected chi connectivity index (χ1v) is 5.87. The van der Waals surface area contributed by atoms with Crippen LogP contribution in [-0.2, 0) is 17.6 Å². The Morgan fingerprint density at radius 1 is 1.19 bits per heavy atom. The zero-order valence-corrected chi connectivity index (χ0v) is 9.95. The molecule has 5 heteroatoms. The Kier molecular flexibility index (Phi) is 6.76. The van der Waals surface area contributed by atoms with Crippen LogP contribution in [0.1, 0.15) is 37.4 Å². The van der Waals surface area contributed by atoms with Gasteiger partial charge in [-0.25, -0.2) is 0 Å². The SMILES string of the molecule is COCCCc1noc(CCCCCN)n1. The second-order valence-electron chi connectivity index (χ2n) is 3.80. The average molecular weight is 227 g/mol. The second kappa shape index (κ2) is 8.24. The molecule has 0 unspecified atom stereocenters. The Hall–Kier alpha value is -0.940. The van der Waals surface area contributed by atoms with Crippen LogP contribution in [0.15, 0.2) is 4.52 Å². The Labute approximate surface area is 96.4 Å². The van der Waals surface area contributed by atoms with Gasteiger partial charge in [-0.2, -0.15) is 4.98 Å². The number of aryl methyl sites for hydroxylation is 2. The van der Waals surface area contributed by atoms with Crippen molar-refractivity contribution in [2.24, 2.45) is 5.73 Å². The fourth-order valence-electron chi connectivity index (χ4n) is 1.47. The molecule has 0 aliphatic carbocycles. The molecule has 16 heavy (non-hydrogen) atoms. The third-order valence-corrected chi connectivity index (χ3v) is 2.35. The maximum absolute atomic E-state index is 5.42. The van der Waals surface area contributed by atoms with Gasteiger partial charge in [0.05, 0.1) is 0 Å². The molecule has 0 spiro atoms. The van der Waals surface area contributed by atoms with Crippen LogP contribution in [0.3, 0.4) is 0 Å². The van der Waals surface area contributed by atoms with Gasteiger partial charge in [0.25, 0.3) is 0 Å². The molecule has 0 bridgehead atoms. The minimum atomic E-state index is 0.736. The molecule has 0 aliphatic rings. The van der Waals surface area contributed by atoms with Crippen molar-refractivity contribution in [3.63, 3.8) is 0 Å². The largest absolute Gasteiger partial charge is 0.385 e. The lowest BCUT2D eigenvalue weighted by Crippen LogP contribution is -1.98. The first kappa shape index (κ1) is 13.1. The van der Waals surface area contributed by atoms with Crippen LogP contribution in [0.5, 0.6) is 0 Å². The molecule has 92 valence electrons. The standard InChI is InChI=1S/C11H21N3O2/c1-15-9-5-6-10-13-11(16-14-10)7-3-2-4-8-12/h2-9,12H2,1H3. The summed E-state index contributed by atoms with van der Waals surface area (Å²) in [4.78, 5) is 4.32. The highest BCUT2D eigenvalue weighted by Crippen LogP contribution is 2.05. The van der Waals surface area contributed by atoms with Crippen molar-refractivity contribution in [3.05, 3.63) is 11.7 Å². The quantitative estimate of drug-likeness (QED) is 0.644. The lowest BCUT2D eigenvalue weighted by Gasteiger charge is -1.94. The third-order valence-electron chi connectivity index (χ3n) is 2.35. The number of rotatable bonds is 9. The summed E-state index contributed by atoms with van der Waals surface area (Å²) in [6.45, 7) is 1.49. The Morgan fingerprint density at radius 3 is 2.81 bits per heavy atom. The summed E-state index contributed by atoms with van der Waals surface area (Å²) in [7, 11) is 1.69. The number of ether oxygens (including phenoxy) is 1. The second-order valence-corrected chi connectivity index (χ2v) is 3.80. The van der Waals surface area contributed by atoms with Gasteiger partial charge in [-0.3, -0.25) is 0 Å². The monoisotopic (exact) mass is 227 g/mol. The van der Waals surface area contributed by atoms with E-state index in [1.165, 1.54) is 0 Å². The molecule has 1 aromatic rings. The molecule has 0 aliphatic heterocycles. The Bertz CT molecular complexity index is 276. The molecule has 1 aromatic heterocycles. The van der Waals surface area contributed by atoms with E-state index in [4.69, 9.17) is 15.0 Å². The predicted molar refractivity (Wildman–Crippen MR) is 61.1 cm³/mol. The van der Waals surface area contributed by atoms with Gasteiger partial charge in [0.1, 0.15) is 0 Å². The smallest absolute Gasteiger partial charge is 0.226 e. The Balaban J connectivity index is 2.17. The van der Waals surface area contributed by atoms with Gasteiger partial charge in [-0.15, -0.1) is 0 Å². The lowest BCUT2D eigenvalue weighted by molar-refractivity contribution is 0.194. The van der Waals surface area contributed by atoms with Crippen LogP contribution in [0.4, 0.5) is 0 Å². The Morgan fingerprint density at radius 2 is 2.06 bits per heavy atom. The van der Waals surface area contributed by atoms with Gasteiger partial charge in [0.15, 0.2) is 5.82 Å². The summed E-state index contributed by atoms with van der Waals surface area (Å²) >= 11 is 0. The number of aromatic nitrogens is 2. The molecule has 1 heterocycles. The molecule has 2 N–H and O–H groups in total. The molecule has 0 amide bonds. The number of hydrogen-bond acceptors (Lipinski definition) is 5. The van der Waals surface area contributed by atoms with Gasteiger partial charge < -0.3 is 15.0 Å². The summed E-state index contributed by atoms with van der Waals surface area (Å²) in [6, 6.07) is 0. The van der Waals surface area contributed by atoms with Crippen molar-refractivity contribution in [1.82, 2.24) is 10.1 Å². The van der Waals surface area contributed by atoms with Gasteiger partial charge in [-0.05, 0) is 25.8 Å². The average Bonchev–Trinajstić information content (AvgIpc) is 2.73. The van der Waals surface area contributed by atoms with Crippen LogP contribution < -0.4 is 5.73 Å². The van der Waals surface area contributed by atoms with Crippen molar-refractivity contribution in [2.75, 3.05) is 20.3 Å². The number of unbranched alkanes of at least 4 members (excludes halogenated alkanes) is 2.